The van der Waals surface area contributed by atoms with Crippen LogP contribution >= 0.6 is 0 Å². The van der Waals surface area contributed by atoms with Gasteiger partial charge in [0.2, 0.25) is 0 Å². The van der Waals surface area contributed by atoms with Crippen molar-refractivity contribution in [2.45, 2.75) is 0 Å². The molecule has 0 aliphatic carbocycles. The molecule has 40 heavy (non-hydrogen) atoms. The van der Waals surface area contributed by atoms with Crippen molar-refractivity contribution in [1.82, 2.24) is 0 Å². The summed E-state index contributed by atoms with van der Waals surface area (Å²) in [4.78, 5) is 54.0. The van der Waals surface area contributed by atoms with Crippen molar-refractivity contribution in [3.8, 4) is 0 Å². The van der Waals surface area contributed by atoms with E-state index in [0.29, 0.717) is 0 Å². The van der Waals surface area contributed by atoms with E-state index >= 15 is 0 Å². The summed E-state index contributed by atoms with van der Waals surface area (Å²) in [6.07, 6.45) is 0. The van der Waals surface area contributed by atoms with Crippen LogP contribution < -0.4 is 125 Å². The molecule has 0 aliphatic rings. The van der Waals surface area contributed by atoms with Crippen LogP contribution in [0.3, 0.4) is 0 Å². The Bertz CT molecular complexity index is 480. The van der Waals surface area contributed by atoms with Crippen LogP contribution in [0.25, 0.3) is 0 Å². The Balaban J connectivity index is -0.0000000316. The fourth-order valence-electron chi connectivity index (χ4n) is 0. The average molecular weight is 710 g/mol. The Labute approximate surface area is 239 Å². The quantitative estimate of drug-likeness (QED) is 0.111. The van der Waals surface area contributed by atoms with E-state index < -0.39 is 66.9 Å². The molecule has 34 heteroatoms. The van der Waals surface area contributed by atoms with Gasteiger partial charge in [-0.2, -0.15) is 0 Å². The van der Waals surface area contributed by atoms with Crippen LogP contribution in [0.4, 0.5) is 28.8 Å². The van der Waals surface area contributed by atoms with E-state index in [1.165, 1.54) is 0 Å². The number of halogens is 3. The van der Waals surface area contributed by atoms with Gasteiger partial charge in [-0.15, -0.1) is 30.7 Å². The maximum Gasteiger partial charge on any atom is 0.309 e. The molecule has 0 atom stereocenters. The first-order valence-electron chi connectivity index (χ1n) is 6.54. The number of urea groups is 6. The van der Waals surface area contributed by atoms with E-state index in [9.17, 15) is 0 Å². The van der Waals surface area contributed by atoms with Crippen LogP contribution in [-0.2, 0) is 18.6 Å². The largest absolute Gasteiger partial charge is 0.352 e. The zero-order valence-corrected chi connectivity index (χ0v) is 22.5. The van der Waals surface area contributed by atoms with Gasteiger partial charge in [0.05, 0.1) is 0 Å². The Morgan fingerprint density at radius 2 is 0.275 bits per heavy atom. The summed E-state index contributed by atoms with van der Waals surface area (Å²) in [6.45, 7) is 0. The van der Waals surface area contributed by atoms with Crippen LogP contribution in [0.5, 0.6) is 0 Å². The van der Waals surface area contributed by atoms with Crippen LogP contribution in [0.1, 0.15) is 0 Å². The minimum absolute atomic E-state index is 0. The second-order valence-corrected chi connectivity index (χ2v) is 5.82. The first kappa shape index (κ1) is 65.6. The molecule has 0 heterocycles. The zero-order valence-electron chi connectivity index (χ0n) is 18.9. The summed E-state index contributed by atoms with van der Waals surface area (Å²) in [7, 11) is -14.8. The Hall–Kier alpha value is -3.41. The Morgan fingerprint density at radius 1 is 0.275 bits per heavy atom. The summed E-state index contributed by atoms with van der Waals surface area (Å²) in [5.74, 6) is 0. The summed E-state index contributed by atoms with van der Waals surface area (Å²) in [5, 5.41) is 0. The van der Waals surface area contributed by atoms with Gasteiger partial charge in [-0.1, -0.05) is 0 Å². The van der Waals surface area contributed by atoms with Crippen molar-refractivity contribution in [3.05, 3.63) is 0 Å². The Morgan fingerprint density at radius 3 is 0.275 bits per heavy atom. The molecular formula is C6H24Cl3N12O18V-3. The van der Waals surface area contributed by atoms with Crippen molar-refractivity contribution in [2.75, 3.05) is 0 Å². The SMILES string of the molecule is NC(N)=O.NC(N)=O.NC(N)=O.NC(N)=O.NC(N)=O.NC(N)=O.[O-][Cl+3]([O-])([O-])[O-].[O-][Cl+3]([O-])([O-])[O-].[O-][Cl+3]([O-])([O-])[O-].[V]. The fourth-order valence-corrected chi connectivity index (χ4v) is 0. The molecular weight excluding hydrogens is 685 g/mol. The maximum atomic E-state index is 9.00. The van der Waals surface area contributed by atoms with E-state index in [2.05, 4.69) is 68.8 Å². The molecule has 12 amide bonds. The Kier molecular flexibility index (Phi) is 65.7. The minimum atomic E-state index is -4.94. The molecule has 0 fully saturated rings. The summed E-state index contributed by atoms with van der Waals surface area (Å²) >= 11 is 0. The molecule has 0 spiro atoms. The molecule has 24 N–H and O–H groups in total. The average Bonchev–Trinajstić information content (AvgIpc) is 2.35. The van der Waals surface area contributed by atoms with E-state index in [1.807, 2.05) is 0 Å². The minimum Gasteiger partial charge on any atom is -0.352 e. The van der Waals surface area contributed by atoms with Crippen molar-refractivity contribution in [2.24, 2.45) is 68.8 Å². The number of hydrogen-bond acceptors (Lipinski definition) is 18. The molecule has 0 saturated heterocycles. The van der Waals surface area contributed by atoms with E-state index in [4.69, 9.17) is 84.7 Å². The standard InChI is InChI=1S/6CH4N2O.3ClHO4.V/c6*2-1(3)4;3*2-1(3,4)5;/h6*(H4,2,3,4);3*(H,2,3,4,5);/p-3. The molecule has 0 bridgehead atoms. The molecule has 0 aromatic heterocycles. The number of carbonyl (C=O) groups is 6. The molecule has 0 aromatic carbocycles. The molecule has 0 saturated carbocycles. The second-order valence-electron chi connectivity index (χ2n) is 3.55. The maximum absolute atomic E-state index is 9.00. The number of rotatable bonds is 0. The number of primary amides is 12. The monoisotopic (exact) mass is 708 g/mol. The molecule has 0 aliphatic heterocycles. The topological polar surface area (TPSA) is 691 Å². The van der Waals surface area contributed by atoms with Gasteiger partial charge < -0.3 is 68.8 Å². The zero-order chi connectivity index (χ0) is 35.0. The second kappa shape index (κ2) is 40.1. The third kappa shape index (κ3) is 3370. The number of nitrogens with two attached hydrogens (primary N) is 12. The van der Waals surface area contributed by atoms with Crippen molar-refractivity contribution < 1.29 is 134 Å². The molecule has 30 nitrogen and oxygen atoms in total. The molecule has 0 rings (SSSR count). The van der Waals surface area contributed by atoms with Gasteiger partial charge in [0.15, 0.2) is 0 Å². The van der Waals surface area contributed by atoms with Gasteiger partial charge in [-0.3, -0.25) is 0 Å². The summed E-state index contributed by atoms with van der Waals surface area (Å²) < 4.78 is 102. The van der Waals surface area contributed by atoms with Gasteiger partial charge >= 0.3 is 36.2 Å². The summed E-state index contributed by atoms with van der Waals surface area (Å²) in [5.41, 5.74) is 51.0. The predicted octanol–water partition coefficient (Wildman–Crippen LogP) is -20.1. The van der Waals surface area contributed by atoms with E-state index in [0.717, 1.165) is 0 Å². The van der Waals surface area contributed by atoms with Crippen molar-refractivity contribution in [3.63, 3.8) is 0 Å². The molecule has 0 aromatic rings. The van der Waals surface area contributed by atoms with E-state index in [-0.39, 0.29) is 18.6 Å². The van der Waals surface area contributed by atoms with Gasteiger partial charge in [0.25, 0.3) is 0 Å². The van der Waals surface area contributed by atoms with Gasteiger partial charge in [0.1, 0.15) is 0 Å². The van der Waals surface area contributed by atoms with Gasteiger partial charge in [-0.05, 0) is 0 Å². The van der Waals surface area contributed by atoms with Crippen LogP contribution in [0.2, 0.25) is 0 Å². The predicted molar refractivity (Wildman–Crippen MR) is 82.6 cm³/mol. The van der Waals surface area contributed by atoms with Crippen molar-refractivity contribution >= 4 is 36.2 Å². The van der Waals surface area contributed by atoms with Crippen molar-refractivity contribution in [1.29, 1.82) is 0 Å². The van der Waals surface area contributed by atoms with Gasteiger partial charge in [-0.25, -0.2) is 84.7 Å². The number of hydrogen-bond donors (Lipinski definition) is 12. The smallest absolute Gasteiger partial charge is 0.309 e. The van der Waals surface area contributed by atoms with Crippen LogP contribution in [-0.4, -0.2) is 36.2 Å². The van der Waals surface area contributed by atoms with E-state index in [1.54, 1.807) is 0 Å². The van der Waals surface area contributed by atoms with Crippen LogP contribution in [0, 0.1) is 30.7 Å². The summed E-state index contributed by atoms with van der Waals surface area (Å²) in [6, 6.07) is -5.00. The normalized spacial score (nSPS) is 8.10. The fraction of sp³-hybridized carbons (Fsp3) is 0. The first-order chi connectivity index (χ1) is 16.4. The molecule has 1 radical (unpaired) electrons. The molecule has 245 valence electrons. The first-order valence-corrected chi connectivity index (χ1v) is 10.2. The number of carbonyl (C=O) groups excluding carboxylic acids is 6. The van der Waals surface area contributed by atoms with Gasteiger partial charge in [0, 0.05) is 18.6 Å². The third-order valence-electron chi connectivity index (χ3n) is 0. The van der Waals surface area contributed by atoms with Crippen LogP contribution in [0.15, 0.2) is 0 Å². The number of amides is 12. The molecule has 0 unspecified atom stereocenters. The third-order valence-corrected chi connectivity index (χ3v) is 0.